The summed E-state index contributed by atoms with van der Waals surface area (Å²) in [6.07, 6.45) is 1.45. The van der Waals surface area contributed by atoms with Gasteiger partial charge in [0.05, 0.1) is 26.4 Å². The summed E-state index contributed by atoms with van der Waals surface area (Å²) in [6, 6.07) is 13.1. The Balaban J connectivity index is 1.56. The summed E-state index contributed by atoms with van der Waals surface area (Å²) < 4.78 is 18.2. The number of methoxy groups -OCH3 is 2. The van der Waals surface area contributed by atoms with Crippen molar-refractivity contribution in [2.24, 2.45) is 7.05 Å². The molecule has 3 aromatic rings. The fourth-order valence-corrected chi connectivity index (χ4v) is 3.51. The van der Waals surface area contributed by atoms with E-state index in [1.54, 1.807) is 44.2 Å². The first kappa shape index (κ1) is 20.7. The van der Waals surface area contributed by atoms with Crippen LogP contribution < -0.4 is 14.2 Å². The van der Waals surface area contributed by atoms with Gasteiger partial charge in [0.1, 0.15) is 11.6 Å². The fourth-order valence-electron chi connectivity index (χ4n) is 2.77. The molecule has 0 N–H and O–H groups in total. The zero-order valence-electron chi connectivity index (χ0n) is 16.6. The monoisotopic (exact) mass is 413 g/mol. The van der Waals surface area contributed by atoms with E-state index in [1.165, 1.54) is 0 Å². The van der Waals surface area contributed by atoms with Crippen LogP contribution in [0.25, 0.3) is 0 Å². The second kappa shape index (κ2) is 9.97. The number of nitrogens with zero attached hydrogens (tertiary/aromatic N) is 3. The normalized spacial score (nSPS) is 10.6. The van der Waals surface area contributed by atoms with Crippen LogP contribution in [-0.2, 0) is 13.5 Å². The highest BCUT2D eigenvalue weighted by molar-refractivity contribution is 7.99. The molecule has 0 unspecified atom stereocenters. The van der Waals surface area contributed by atoms with E-state index >= 15 is 0 Å². The van der Waals surface area contributed by atoms with Gasteiger partial charge in [0.2, 0.25) is 0 Å². The van der Waals surface area contributed by atoms with Crippen molar-refractivity contribution in [1.29, 1.82) is 0 Å². The first-order chi connectivity index (χ1) is 14.2. The molecule has 1 aromatic heterocycles. The predicted octanol–water partition coefficient (Wildman–Crippen LogP) is 3.41. The number of hydrogen-bond acceptors (Lipinski definition) is 7. The van der Waals surface area contributed by atoms with Crippen LogP contribution >= 0.6 is 11.8 Å². The smallest absolute Gasteiger partial charge is 0.191 e. The summed E-state index contributed by atoms with van der Waals surface area (Å²) in [6.45, 7) is 0.409. The molecule has 8 heteroatoms. The van der Waals surface area contributed by atoms with Crippen LogP contribution in [0.5, 0.6) is 17.2 Å². The molecule has 0 atom stereocenters. The number of rotatable bonds is 10. The average Bonchev–Trinajstić information content (AvgIpc) is 3.10. The van der Waals surface area contributed by atoms with Gasteiger partial charge in [-0.3, -0.25) is 4.79 Å². The maximum atomic E-state index is 11.2. The molecule has 0 spiro atoms. The Hall–Kier alpha value is -3.00. The SMILES string of the molecule is COc1ccc(Cc2nnc(SCCOc3c(C=O)cccc3OC)n2C)cc1. The van der Waals surface area contributed by atoms with Gasteiger partial charge in [-0.2, -0.15) is 0 Å². The van der Waals surface area contributed by atoms with Gasteiger partial charge < -0.3 is 18.8 Å². The van der Waals surface area contributed by atoms with E-state index in [-0.39, 0.29) is 0 Å². The quantitative estimate of drug-likeness (QED) is 0.286. The van der Waals surface area contributed by atoms with E-state index in [9.17, 15) is 4.79 Å². The molecule has 0 aliphatic heterocycles. The van der Waals surface area contributed by atoms with E-state index in [1.807, 2.05) is 35.9 Å². The second-order valence-electron chi connectivity index (χ2n) is 6.18. The summed E-state index contributed by atoms with van der Waals surface area (Å²) in [5, 5.41) is 9.38. The number of carbonyl (C=O) groups is 1. The lowest BCUT2D eigenvalue weighted by Crippen LogP contribution is -2.05. The summed E-state index contributed by atoms with van der Waals surface area (Å²) in [7, 11) is 5.15. The van der Waals surface area contributed by atoms with Gasteiger partial charge >= 0.3 is 0 Å². The van der Waals surface area contributed by atoms with E-state index in [2.05, 4.69) is 10.2 Å². The van der Waals surface area contributed by atoms with Gasteiger partial charge in [-0.05, 0) is 29.8 Å². The number of aromatic nitrogens is 3. The van der Waals surface area contributed by atoms with Crippen molar-refractivity contribution >= 4 is 18.0 Å². The number of para-hydroxylation sites is 1. The number of thioether (sulfide) groups is 1. The van der Waals surface area contributed by atoms with Crippen molar-refractivity contribution in [2.75, 3.05) is 26.6 Å². The van der Waals surface area contributed by atoms with Crippen molar-refractivity contribution < 1.29 is 19.0 Å². The Morgan fingerprint density at radius 3 is 2.55 bits per heavy atom. The van der Waals surface area contributed by atoms with Gasteiger partial charge in [0, 0.05) is 19.2 Å². The molecule has 7 nitrogen and oxygen atoms in total. The Morgan fingerprint density at radius 1 is 1.07 bits per heavy atom. The molecule has 29 heavy (non-hydrogen) atoms. The molecule has 0 amide bonds. The molecule has 152 valence electrons. The number of hydrogen-bond donors (Lipinski definition) is 0. The zero-order chi connectivity index (χ0) is 20.6. The minimum Gasteiger partial charge on any atom is -0.497 e. The average molecular weight is 413 g/mol. The lowest BCUT2D eigenvalue weighted by molar-refractivity contribution is 0.111. The third-order valence-corrected chi connectivity index (χ3v) is 5.35. The van der Waals surface area contributed by atoms with Gasteiger partial charge in [-0.15, -0.1) is 10.2 Å². The Labute approximate surface area is 174 Å². The lowest BCUT2D eigenvalue weighted by Gasteiger charge is -2.12. The minimum absolute atomic E-state index is 0.409. The lowest BCUT2D eigenvalue weighted by atomic mass is 10.1. The summed E-state index contributed by atoms with van der Waals surface area (Å²) >= 11 is 1.55. The molecule has 0 saturated carbocycles. The second-order valence-corrected chi connectivity index (χ2v) is 7.24. The van der Waals surface area contributed by atoms with Crippen LogP contribution in [0.15, 0.2) is 47.6 Å². The number of benzene rings is 2. The van der Waals surface area contributed by atoms with Crippen molar-refractivity contribution in [1.82, 2.24) is 14.8 Å². The van der Waals surface area contributed by atoms with Crippen molar-refractivity contribution in [2.45, 2.75) is 11.6 Å². The highest BCUT2D eigenvalue weighted by Crippen LogP contribution is 2.30. The van der Waals surface area contributed by atoms with Gasteiger partial charge in [-0.25, -0.2) is 0 Å². The third-order valence-electron chi connectivity index (χ3n) is 4.36. The molecule has 0 saturated heterocycles. The van der Waals surface area contributed by atoms with E-state index in [0.717, 1.165) is 28.6 Å². The van der Waals surface area contributed by atoms with Gasteiger partial charge in [-0.1, -0.05) is 30.0 Å². The fraction of sp³-hybridized carbons (Fsp3) is 0.286. The van der Waals surface area contributed by atoms with Gasteiger partial charge in [0.15, 0.2) is 22.9 Å². The molecule has 0 radical (unpaired) electrons. The van der Waals surface area contributed by atoms with E-state index in [4.69, 9.17) is 14.2 Å². The molecule has 1 heterocycles. The Bertz CT molecular complexity index is 957. The highest BCUT2D eigenvalue weighted by atomic mass is 32.2. The van der Waals surface area contributed by atoms with Gasteiger partial charge in [0.25, 0.3) is 0 Å². The molecule has 3 rings (SSSR count). The largest absolute Gasteiger partial charge is 0.497 e. The Kier molecular flexibility index (Phi) is 7.13. The molecular weight excluding hydrogens is 390 g/mol. The van der Waals surface area contributed by atoms with Crippen LogP contribution in [0.4, 0.5) is 0 Å². The zero-order valence-corrected chi connectivity index (χ0v) is 17.4. The van der Waals surface area contributed by atoms with Crippen LogP contribution in [-0.4, -0.2) is 47.6 Å². The molecule has 0 aliphatic rings. The van der Waals surface area contributed by atoms with Crippen LogP contribution in [0.2, 0.25) is 0 Å². The van der Waals surface area contributed by atoms with Crippen LogP contribution in [0, 0.1) is 0 Å². The predicted molar refractivity (Wildman–Crippen MR) is 111 cm³/mol. The van der Waals surface area contributed by atoms with E-state index < -0.39 is 0 Å². The molecular formula is C21H23N3O4S. The van der Waals surface area contributed by atoms with Crippen LogP contribution in [0.3, 0.4) is 0 Å². The maximum absolute atomic E-state index is 11.2. The number of carbonyl (C=O) groups excluding carboxylic acids is 1. The highest BCUT2D eigenvalue weighted by Gasteiger charge is 2.12. The molecule has 0 fully saturated rings. The third kappa shape index (κ3) is 5.08. The standard InChI is InChI=1S/C21H23N3O4S/c1-24-19(13-15-7-9-17(26-2)10-8-15)22-23-21(24)29-12-11-28-20-16(14-25)5-4-6-18(20)27-3/h4-10,14H,11-13H2,1-3H3. The molecule has 0 bridgehead atoms. The summed E-state index contributed by atoms with van der Waals surface area (Å²) in [4.78, 5) is 11.2. The number of aldehydes is 1. The van der Waals surface area contributed by atoms with Crippen LogP contribution in [0.1, 0.15) is 21.7 Å². The first-order valence-electron chi connectivity index (χ1n) is 9.05. The Morgan fingerprint density at radius 2 is 1.86 bits per heavy atom. The topological polar surface area (TPSA) is 75.5 Å². The van der Waals surface area contributed by atoms with Crippen molar-refractivity contribution in [3.05, 3.63) is 59.4 Å². The minimum atomic E-state index is 0.409. The van der Waals surface area contributed by atoms with E-state index in [0.29, 0.717) is 35.8 Å². The number of ether oxygens (including phenoxy) is 3. The maximum Gasteiger partial charge on any atom is 0.191 e. The van der Waals surface area contributed by atoms with Crippen molar-refractivity contribution in [3.63, 3.8) is 0 Å². The molecule has 2 aromatic carbocycles. The summed E-state index contributed by atoms with van der Waals surface area (Å²) in [5.41, 5.74) is 1.61. The molecule has 0 aliphatic carbocycles. The van der Waals surface area contributed by atoms with Crippen molar-refractivity contribution in [3.8, 4) is 17.2 Å². The first-order valence-corrected chi connectivity index (χ1v) is 10.0. The summed E-state index contributed by atoms with van der Waals surface area (Å²) in [5.74, 6) is 3.37.